The molecule has 28 heavy (non-hydrogen) atoms. The lowest BCUT2D eigenvalue weighted by molar-refractivity contribution is 0.0602. The largest absolute Gasteiger partial charge is 0.442 e. The van der Waals surface area contributed by atoms with E-state index in [2.05, 4.69) is 14.7 Å². The van der Waals surface area contributed by atoms with Gasteiger partial charge in [0, 0.05) is 24.8 Å². The lowest BCUT2D eigenvalue weighted by Gasteiger charge is -2.42. The molecule has 1 saturated heterocycles. The molecular formula is C18H28FN5O3S. The molecule has 1 aromatic carbocycles. The number of benzene rings is 1. The van der Waals surface area contributed by atoms with Crippen LogP contribution in [0.3, 0.4) is 0 Å². The summed E-state index contributed by atoms with van der Waals surface area (Å²) < 4.78 is 38.9. The van der Waals surface area contributed by atoms with E-state index in [1.165, 1.54) is 29.6 Å². The number of carbonyl (C=O) groups excluding carboxylic acids is 1. The summed E-state index contributed by atoms with van der Waals surface area (Å²) in [5.74, 6) is -0.534. The van der Waals surface area contributed by atoms with E-state index in [0.717, 1.165) is 0 Å². The van der Waals surface area contributed by atoms with Gasteiger partial charge in [0.05, 0.1) is 11.3 Å². The van der Waals surface area contributed by atoms with Crippen LogP contribution in [0.25, 0.3) is 0 Å². The zero-order chi connectivity index (χ0) is 21.3. The van der Waals surface area contributed by atoms with E-state index in [1.54, 1.807) is 34.6 Å². The third-order valence-corrected chi connectivity index (χ3v) is 6.74. The van der Waals surface area contributed by atoms with Crippen molar-refractivity contribution < 1.29 is 18.1 Å². The maximum absolute atomic E-state index is 14.6. The number of anilines is 1. The van der Waals surface area contributed by atoms with Crippen LogP contribution in [0, 0.1) is 5.82 Å². The van der Waals surface area contributed by atoms with Gasteiger partial charge in [0.25, 0.3) is 0 Å². The highest BCUT2D eigenvalue weighted by Gasteiger charge is 2.43. The van der Waals surface area contributed by atoms with Crippen LogP contribution < -0.4 is 11.1 Å². The normalized spacial score (nSPS) is 26.7. The Morgan fingerprint density at radius 1 is 1.46 bits per heavy atom. The molecule has 0 saturated carbocycles. The number of amides is 1. The Bertz CT molecular complexity index is 918. The molecule has 8 nitrogen and oxygen atoms in total. The molecule has 0 spiro atoms. The molecule has 1 unspecified atom stereocenters. The van der Waals surface area contributed by atoms with Crippen molar-refractivity contribution in [1.82, 2.24) is 9.62 Å². The monoisotopic (exact) mass is 413 g/mol. The molecule has 0 bridgehead atoms. The number of hydrogen-bond acceptors (Lipinski definition) is 5. The molecule has 10 heteroatoms. The van der Waals surface area contributed by atoms with Crippen LogP contribution in [0.2, 0.25) is 0 Å². The first-order valence-corrected chi connectivity index (χ1v) is 10.5. The van der Waals surface area contributed by atoms with Crippen molar-refractivity contribution in [3.05, 3.63) is 29.6 Å². The molecule has 0 aliphatic carbocycles. The van der Waals surface area contributed by atoms with E-state index in [4.69, 9.17) is 10.5 Å². The Labute approximate surface area is 165 Å². The number of carbonyl (C=O) groups is 1. The van der Waals surface area contributed by atoms with Gasteiger partial charge >= 0.3 is 6.09 Å². The van der Waals surface area contributed by atoms with Gasteiger partial charge in [0.15, 0.2) is 0 Å². The molecule has 0 aromatic heterocycles. The minimum Gasteiger partial charge on any atom is -0.442 e. The van der Waals surface area contributed by atoms with Crippen molar-refractivity contribution in [2.75, 3.05) is 25.1 Å². The topological polar surface area (TPSA) is 109 Å². The summed E-state index contributed by atoms with van der Waals surface area (Å²) in [5.41, 5.74) is 4.52. The van der Waals surface area contributed by atoms with E-state index in [0.29, 0.717) is 12.2 Å². The summed E-state index contributed by atoms with van der Waals surface area (Å²) in [4.78, 5) is 16.1. The molecule has 2 rings (SSSR count). The maximum atomic E-state index is 14.6. The predicted molar refractivity (Wildman–Crippen MR) is 109 cm³/mol. The average molecular weight is 414 g/mol. The summed E-state index contributed by atoms with van der Waals surface area (Å²) in [6.07, 6.45) is -0.850. The van der Waals surface area contributed by atoms with Crippen molar-refractivity contribution in [1.29, 1.82) is 0 Å². The summed E-state index contributed by atoms with van der Waals surface area (Å²) in [7, 11) is -1.47. The highest BCUT2D eigenvalue weighted by Crippen LogP contribution is 2.32. The van der Waals surface area contributed by atoms with E-state index >= 15 is 0 Å². The fraction of sp³-hybridized carbons (Fsp3) is 0.556. The zero-order valence-corrected chi connectivity index (χ0v) is 17.9. The molecule has 1 heterocycles. The number of nitrogen functional groups attached to an aromatic ring is 1. The Kier molecular flexibility index (Phi) is 5.93. The van der Waals surface area contributed by atoms with Crippen molar-refractivity contribution in [3.63, 3.8) is 0 Å². The standard InChI is InChI=1S/C18H28FN5O3S/c1-7-21-28(26)11-18(5,13-10-12(20)8-9-14(13)19)23-15(24(28)6)22-16(25)27-17(2,3)4/h8-10H,7,11,20H2,1-6H3,(H,22,23,25)/t18-,28?/m0/s1. The molecule has 1 aliphatic rings. The lowest BCUT2D eigenvalue weighted by Crippen LogP contribution is -2.61. The van der Waals surface area contributed by atoms with E-state index in [1.807, 2.05) is 0 Å². The van der Waals surface area contributed by atoms with E-state index in [-0.39, 0.29) is 17.3 Å². The number of rotatable bonds is 2. The Morgan fingerprint density at radius 3 is 2.68 bits per heavy atom. The average Bonchev–Trinajstić information content (AvgIpc) is 2.53. The van der Waals surface area contributed by atoms with Gasteiger partial charge in [0.2, 0.25) is 5.96 Å². The van der Waals surface area contributed by atoms with Gasteiger partial charge in [-0.15, -0.1) is 4.99 Å². The van der Waals surface area contributed by atoms with Gasteiger partial charge < -0.3 is 15.8 Å². The van der Waals surface area contributed by atoms with Crippen LogP contribution in [0.1, 0.15) is 40.2 Å². The quantitative estimate of drug-likeness (QED) is 0.725. The van der Waals surface area contributed by atoms with Gasteiger partial charge in [-0.2, -0.15) is 0 Å². The molecule has 1 fully saturated rings. The number of nitrogens with zero attached hydrogens (tertiary/aromatic N) is 3. The Morgan fingerprint density at radius 2 is 2.11 bits per heavy atom. The summed E-state index contributed by atoms with van der Waals surface area (Å²) in [6, 6.07) is 4.17. The Hall–Kier alpha value is -2.36. The van der Waals surface area contributed by atoms with Crippen LogP contribution in [0.4, 0.5) is 14.9 Å². The van der Waals surface area contributed by atoms with Crippen molar-refractivity contribution in [2.24, 2.45) is 9.36 Å². The molecule has 1 aliphatic heterocycles. The van der Waals surface area contributed by atoms with Gasteiger partial charge in [0.1, 0.15) is 21.3 Å². The SMILES string of the molecule is CCN=S1(=O)C[C@@](C)(c2cc(N)ccc2F)N/C(=N\C(=O)OC(C)(C)C)N1C. The molecule has 2 atom stereocenters. The molecule has 3 N–H and O–H groups in total. The minimum atomic E-state index is -2.99. The first-order chi connectivity index (χ1) is 12.8. The van der Waals surface area contributed by atoms with E-state index < -0.39 is 33.0 Å². The summed E-state index contributed by atoms with van der Waals surface area (Å²) in [6.45, 7) is 8.86. The summed E-state index contributed by atoms with van der Waals surface area (Å²) >= 11 is 0. The molecule has 0 radical (unpaired) electrons. The predicted octanol–water partition coefficient (Wildman–Crippen LogP) is 2.85. The van der Waals surface area contributed by atoms with Crippen LogP contribution >= 0.6 is 0 Å². The second kappa shape index (κ2) is 7.57. The van der Waals surface area contributed by atoms with E-state index in [9.17, 15) is 13.4 Å². The third-order valence-electron chi connectivity index (χ3n) is 4.10. The van der Waals surface area contributed by atoms with Gasteiger partial charge in [-0.25, -0.2) is 17.8 Å². The lowest BCUT2D eigenvalue weighted by atomic mass is 9.93. The number of hydrogen-bond donors (Lipinski definition) is 2. The van der Waals surface area contributed by atoms with Gasteiger partial charge in [-0.1, -0.05) is 0 Å². The second-order valence-corrected chi connectivity index (χ2v) is 10.1. The van der Waals surface area contributed by atoms with Gasteiger partial charge in [-0.3, -0.25) is 4.31 Å². The number of guanidine groups is 1. The van der Waals surface area contributed by atoms with Crippen LogP contribution in [-0.4, -0.2) is 45.5 Å². The fourth-order valence-electron chi connectivity index (χ4n) is 2.88. The Balaban J connectivity index is 2.58. The molecule has 1 aromatic rings. The number of nitrogens with two attached hydrogens (primary N) is 1. The third kappa shape index (κ3) is 4.73. The zero-order valence-electron chi connectivity index (χ0n) is 17.1. The van der Waals surface area contributed by atoms with Crippen LogP contribution in [0.15, 0.2) is 27.6 Å². The number of halogens is 1. The molecule has 156 valence electrons. The highest BCUT2D eigenvalue weighted by atomic mass is 32.2. The number of ether oxygens (including phenoxy) is 1. The van der Waals surface area contributed by atoms with Crippen molar-refractivity contribution in [3.8, 4) is 0 Å². The fourth-order valence-corrected chi connectivity index (χ4v) is 5.08. The number of aliphatic imine (C=N–C) groups is 1. The van der Waals surface area contributed by atoms with Crippen LogP contribution in [0.5, 0.6) is 0 Å². The second-order valence-electron chi connectivity index (χ2n) is 7.81. The first-order valence-electron chi connectivity index (χ1n) is 8.89. The highest BCUT2D eigenvalue weighted by molar-refractivity contribution is 7.92. The maximum Gasteiger partial charge on any atom is 0.437 e. The number of nitrogens with one attached hydrogen (secondary N) is 1. The molecule has 1 amide bonds. The van der Waals surface area contributed by atoms with Crippen molar-refractivity contribution in [2.45, 2.75) is 45.8 Å². The summed E-state index contributed by atoms with van der Waals surface area (Å²) in [5, 5.41) is 3.03. The van der Waals surface area contributed by atoms with Crippen LogP contribution in [-0.2, 0) is 20.2 Å². The smallest absolute Gasteiger partial charge is 0.437 e. The minimum absolute atomic E-state index is 0.00738. The molecular weight excluding hydrogens is 385 g/mol. The first kappa shape index (κ1) is 21.9. The van der Waals surface area contributed by atoms with Crippen molar-refractivity contribution >= 4 is 27.7 Å². The van der Waals surface area contributed by atoms with Gasteiger partial charge in [-0.05, 0) is 52.8 Å².